The third-order valence-corrected chi connectivity index (χ3v) is 8.22. The number of hydrogen-bond donors (Lipinski definition) is 1. The minimum absolute atomic E-state index is 0.00371. The first kappa shape index (κ1) is 15.8. The van der Waals surface area contributed by atoms with Gasteiger partial charge in [-0.1, -0.05) is 6.92 Å². The number of ketones is 2. The summed E-state index contributed by atoms with van der Waals surface area (Å²) in [4.78, 5) is 23.9. The zero-order chi connectivity index (χ0) is 16.4. The van der Waals surface area contributed by atoms with Crippen LogP contribution in [0.15, 0.2) is 0 Å². The van der Waals surface area contributed by atoms with Crippen LogP contribution in [0.25, 0.3) is 0 Å². The van der Waals surface area contributed by atoms with Gasteiger partial charge in [-0.3, -0.25) is 9.59 Å². The Kier molecular flexibility index (Phi) is 3.71. The van der Waals surface area contributed by atoms with Crippen LogP contribution in [0.2, 0.25) is 0 Å². The first-order chi connectivity index (χ1) is 10.9. The van der Waals surface area contributed by atoms with E-state index < -0.39 is 0 Å². The molecule has 3 heteroatoms. The molecule has 23 heavy (non-hydrogen) atoms. The number of fused-ring (bicyclic) bond motifs is 5. The maximum absolute atomic E-state index is 12.1. The summed E-state index contributed by atoms with van der Waals surface area (Å²) < 4.78 is 0. The highest BCUT2D eigenvalue weighted by Gasteiger charge is 2.60. The molecule has 0 aliphatic heterocycles. The van der Waals surface area contributed by atoms with Crippen molar-refractivity contribution in [1.29, 1.82) is 0 Å². The van der Waals surface area contributed by atoms with E-state index in [1.165, 1.54) is 0 Å². The zero-order valence-corrected chi connectivity index (χ0v) is 14.5. The standard InChI is InChI=1S/C20H30O3/c1-11(21)16-7-8-17-15-5-3-12-9-13(22)4-6-14(12)19(15)18(23)10-20(16,17)2/h12,14-19,23H,3-10H2,1-2H3/t12-,14+,15+,16-,17+,18-,19-,20-/m1/s1. The van der Waals surface area contributed by atoms with E-state index >= 15 is 0 Å². The predicted octanol–water partition coefficient (Wildman–Crippen LogP) is 3.38. The van der Waals surface area contributed by atoms with Gasteiger partial charge in [0.15, 0.2) is 0 Å². The Balaban J connectivity index is 1.63. The highest BCUT2D eigenvalue weighted by molar-refractivity contribution is 5.80. The molecular formula is C20H30O3. The van der Waals surface area contributed by atoms with Gasteiger partial charge in [-0.15, -0.1) is 0 Å². The van der Waals surface area contributed by atoms with Gasteiger partial charge >= 0.3 is 0 Å². The second-order valence-corrected chi connectivity index (χ2v) is 9.15. The van der Waals surface area contributed by atoms with Crippen LogP contribution in [0.1, 0.15) is 65.2 Å². The van der Waals surface area contributed by atoms with Crippen LogP contribution in [-0.2, 0) is 9.59 Å². The van der Waals surface area contributed by atoms with Crippen molar-refractivity contribution in [3.63, 3.8) is 0 Å². The van der Waals surface area contributed by atoms with E-state index in [0.717, 1.165) is 51.4 Å². The fraction of sp³-hybridized carbons (Fsp3) is 0.900. The highest BCUT2D eigenvalue weighted by atomic mass is 16.3. The molecule has 1 N–H and O–H groups in total. The van der Waals surface area contributed by atoms with Crippen molar-refractivity contribution in [2.75, 3.05) is 0 Å². The lowest BCUT2D eigenvalue weighted by Gasteiger charge is -2.57. The molecule has 0 spiro atoms. The molecule has 0 unspecified atom stereocenters. The monoisotopic (exact) mass is 318 g/mol. The van der Waals surface area contributed by atoms with E-state index in [-0.39, 0.29) is 17.4 Å². The van der Waals surface area contributed by atoms with Gasteiger partial charge in [-0.05, 0) is 80.5 Å². The van der Waals surface area contributed by atoms with Gasteiger partial charge in [0.2, 0.25) is 0 Å². The summed E-state index contributed by atoms with van der Waals surface area (Å²) in [6.45, 7) is 4.01. The zero-order valence-electron chi connectivity index (χ0n) is 14.5. The van der Waals surface area contributed by atoms with Gasteiger partial charge in [0, 0.05) is 18.8 Å². The van der Waals surface area contributed by atoms with E-state index in [4.69, 9.17) is 0 Å². The lowest BCUT2D eigenvalue weighted by molar-refractivity contribution is -0.149. The van der Waals surface area contributed by atoms with Gasteiger partial charge in [0.05, 0.1) is 6.10 Å². The lowest BCUT2D eigenvalue weighted by atomic mass is 9.48. The third-order valence-electron chi connectivity index (χ3n) is 8.22. The van der Waals surface area contributed by atoms with Crippen LogP contribution >= 0.6 is 0 Å². The fourth-order valence-corrected chi connectivity index (χ4v) is 7.40. The molecule has 4 saturated carbocycles. The molecule has 0 heterocycles. The molecule has 0 amide bonds. The molecule has 4 rings (SSSR count). The van der Waals surface area contributed by atoms with Crippen LogP contribution in [0.4, 0.5) is 0 Å². The molecule has 0 saturated heterocycles. The quantitative estimate of drug-likeness (QED) is 0.806. The number of Topliss-reactive ketones (excluding diaryl/α,β-unsaturated/α-hetero) is 2. The molecule has 8 atom stereocenters. The van der Waals surface area contributed by atoms with Gasteiger partial charge in [-0.2, -0.15) is 0 Å². The predicted molar refractivity (Wildman–Crippen MR) is 87.7 cm³/mol. The third kappa shape index (κ3) is 2.26. The average molecular weight is 318 g/mol. The van der Waals surface area contributed by atoms with E-state index in [1.54, 1.807) is 6.92 Å². The number of carbonyl (C=O) groups excluding carboxylic acids is 2. The van der Waals surface area contributed by atoms with Crippen molar-refractivity contribution in [3.8, 4) is 0 Å². The summed E-state index contributed by atoms with van der Waals surface area (Å²) >= 11 is 0. The molecule has 3 nitrogen and oxygen atoms in total. The summed E-state index contributed by atoms with van der Waals surface area (Å²) in [5.74, 6) is 3.50. The van der Waals surface area contributed by atoms with Crippen LogP contribution in [0, 0.1) is 40.9 Å². The van der Waals surface area contributed by atoms with Crippen molar-refractivity contribution in [3.05, 3.63) is 0 Å². The van der Waals surface area contributed by atoms with E-state index in [2.05, 4.69) is 6.92 Å². The van der Waals surface area contributed by atoms with Crippen molar-refractivity contribution in [2.45, 2.75) is 71.3 Å². The molecule has 0 aromatic rings. The second kappa shape index (κ2) is 5.40. The minimum atomic E-state index is -0.276. The van der Waals surface area contributed by atoms with Crippen molar-refractivity contribution in [1.82, 2.24) is 0 Å². The van der Waals surface area contributed by atoms with Crippen LogP contribution in [0.5, 0.6) is 0 Å². The summed E-state index contributed by atoms with van der Waals surface area (Å²) in [6.07, 6.45) is 7.45. The van der Waals surface area contributed by atoms with Gasteiger partial charge < -0.3 is 5.11 Å². The summed E-state index contributed by atoms with van der Waals surface area (Å²) in [7, 11) is 0. The molecule has 0 aromatic heterocycles. The van der Waals surface area contributed by atoms with E-state index in [1.807, 2.05) is 0 Å². The first-order valence-electron chi connectivity index (χ1n) is 9.62. The largest absolute Gasteiger partial charge is 0.393 e. The van der Waals surface area contributed by atoms with Crippen LogP contribution in [0.3, 0.4) is 0 Å². The number of rotatable bonds is 1. The van der Waals surface area contributed by atoms with Gasteiger partial charge in [0.25, 0.3) is 0 Å². The second-order valence-electron chi connectivity index (χ2n) is 9.15. The molecule has 0 radical (unpaired) electrons. The Morgan fingerprint density at radius 1 is 1.13 bits per heavy atom. The summed E-state index contributed by atoms with van der Waals surface area (Å²) in [5.41, 5.74) is 0.00371. The first-order valence-corrected chi connectivity index (χ1v) is 9.62. The summed E-state index contributed by atoms with van der Waals surface area (Å²) in [6, 6.07) is 0. The lowest BCUT2D eigenvalue weighted by Crippen LogP contribution is -2.55. The van der Waals surface area contributed by atoms with Crippen LogP contribution < -0.4 is 0 Å². The Hall–Kier alpha value is -0.700. The molecule has 4 aliphatic rings. The highest BCUT2D eigenvalue weighted by Crippen LogP contribution is 2.64. The Bertz CT molecular complexity index is 527. The van der Waals surface area contributed by atoms with E-state index in [9.17, 15) is 14.7 Å². The number of carbonyl (C=O) groups is 2. The number of aliphatic hydroxyl groups excluding tert-OH is 1. The maximum Gasteiger partial charge on any atom is 0.133 e. The minimum Gasteiger partial charge on any atom is -0.393 e. The smallest absolute Gasteiger partial charge is 0.133 e. The molecule has 0 bridgehead atoms. The topological polar surface area (TPSA) is 54.4 Å². The van der Waals surface area contributed by atoms with Gasteiger partial charge in [-0.25, -0.2) is 0 Å². The normalized spacial score (nSPS) is 52.5. The van der Waals surface area contributed by atoms with E-state index in [0.29, 0.717) is 41.2 Å². The molecular weight excluding hydrogens is 288 g/mol. The number of hydrogen-bond acceptors (Lipinski definition) is 3. The van der Waals surface area contributed by atoms with Crippen molar-refractivity contribution >= 4 is 11.6 Å². The summed E-state index contributed by atoms with van der Waals surface area (Å²) in [5, 5.41) is 11.0. The van der Waals surface area contributed by atoms with Crippen molar-refractivity contribution in [2.24, 2.45) is 40.9 Å². The Morgan fingerprint density at radius 2 is 1.91 bits per heavy atom. The Morgan fingerprint density at radius 3 is 2.65 bits per heavy atom. The molecule has 4 aliphatic carbocycles. The molecule has 4 fully saturated rings. The maximum atomic E-state index is 12.1. The van der Waals surface area contributed by atoms with Gasteiger partial charge in [0.1, 0.15) is 11.6 Å². The Labute approximate surface area is 139 Å². The fourth-order valence-electron chi connectivity index (χ4n) is 7.40. The molecule has 0 aromatic carbocycles. The number of aliphatic hydroxyl groups is 1. The molecule has 128 valence electrons. The van der Waals surface area contributed by atoms with Crippen LogP contribution in [-0.4, -0.2) is 22.8 Å². The average Bonchev–Trinajstić information content (AvgIpc) is 2.83. The SMILES string of the molecule is CC(=O)[C@H]1CC[C@H]2[C@@H]3CC[C@@H]4CC(=O)CC[C@@H]4[C@H]3[C@H](O)C[C@]12C. The van der Waals surface area contributed by atoms with Crippen molar-refractivity contribution < 1.29 is 14.7 Å².